The summed E-state index contributed by atoms with van der Waals surface area (Å²) in [7, 11) is 0. The van der Waals surface area contributed by atoms with Crippen LogP contribution in [0.4, 0.5) is 0 Å². The minimum atomic E-state index is 0.300. The minimum absolute atomic E-state index is 0.300. The van der Waals surface area contributed by atoms with Crippen LogP contribution in [-0.4, -0.2) is 16.1 Å². The second kappa shape index (κ2) is 3.32. The van der Waals surface area contributed by atoms with Crippen molar-refractivity contribution >= 4 is 0 Å². The summed E-state index contributed by atoms with van der Waals surface area (Å²) in [5, 5.41) is 0. The lowest BCUT2D eigenvalue weighted by Crippen LogP contribution is -2.14. The van der Waals surface area contributed by atoms with Crippen LogP contribution >= 0.6 is 0 Å². The highest BCUT2D eigenvalue weighted by Gasteiger charge is 2.29. The fourth-order valence-electron chi connectivity index (χ4n) is 1.35. The van der Waals surface area contributed by atoms with Gasteiger partial charge in [0.05, 0.1) is 0 Å². The zero-order valence-corrected chi connectivity index (χ0v) is 8.03. The second-order valence-corrected chi connectivity index (χ2v) is 3.60. The van der Waals surface area contributed by atoms with Crippen molar-refractivity contribution in [1.82, 2.24) is 9.97 Å². The van der Waals surface area contributed by atoms with Gasteiger partial charge in [0, 0.05) is 12.3 Å². The van der Waals surface area contributed by atoms with Crippen molar-refractivity contribution in [2.45, 2.75) is 32.8 Å². The molecule has 2 rings (SSSR count). The van der Waals surface area contributed by atoms with Gasteiger partial charge in [-0.25, -0.2) is 4.98 Å². The third-order valence-electron chi connectivity index (χ3n) is 2.34. The Morgan fingerprint density at radius 2 is 2.31 bits per heavy atom. The van der Waals surface area contributed by atoms with Crippen LogP contribution in [0, 0.1) is 12.8 Å². The summed E-state index contributed by atoms with van der Waals surface area (Å²) in [5.41, 5.74) is 0. The van der Waals surface area contributed by atoms with Crippen LogP contribution in [0.3, 0.4) is 0 Å². The normalized spacial score (nSPS) is 18.3. The lowest BCUT2D eigenvalue weighted by molar-refractivity contribution is 0.189. The number of rotatable bonds is 3. The van der Waals surface area contributed by atoms with Crippen LogP contribution in [0.1, 0.15) is 25.6 Å². The Labute approximate surface area is 78.2 Å². The maximum absolute atomic E-state index is 5.67. The van der Waals surface area contributed by atoms with Gasteiger partial charge < -0.3 is 4.74 Å². The first kappa shape index (κ1) is 8.48. The van der Waals surface area contributed by atoms with Crippen LogP contribution in [0.25, 0.3) is 0 Å². The third kappa shape index (κ3) is 2.17. The topological polar surface area (TPSA) is 35.0 Å². The summed E-state index contributed by atoms with van der Waals surface area (Å²) in [6.45, 7) is 3.98. The summed E-state index contributed by atoms with van der Waals surface area (Å²) in [6.07, 6.45) is 4.63. The molecule has 13 heavy (non-hydrogen) atoms. The molecule has 1 unspecified atom stereocenters. The number of aryl methyl sites for hydroxylation is 1. The van der Waals surface area contributed by atoms with Crippen LogP contribution in [0.2, 0.25) is 0 Å². The van der Waals surface area contributed by atoms with E-state index in [1.165, 1.54) is 12.8 Å². The van der Waals surface area contributed by atoms with Gasteiger partial charge in [0.1, 0.15) is 11.9 Å². The molecule has 0 radical (unpaired) electrons. The van der Waals surface area contributed by atoms with Crippen molar-refractivity contribution < 1.29 is 4.74 Å². The summed E-state index contributed by atoms with van der Waals surface area (Å²) in [5.74, 6) is 2.21. The molecule has 0 aromatic carbocycles. The van der Waals surface area contributed by atoms with Crippen molar-refractivity contribution in [3.8, 4) is 5.88 Å². The summed E-state index contributed by atoms with van der Waals surface area (Å²) in [4.78, 5) is 8.21. The van der Waals surface area contributed by atoms with Crippen LogP contribution in [0.5, 0.6) is 5.88 Å². The van der Waals surface area contributed by atoms with Crippen molar-refractivity contribution in [2.24, 2.45) is 5.92 Å². The average molecular weight is 178 g/mol. The van der Waals surface area contributed by atoms with E-state index in [1.54, 1.807) is 6.20 Å². The molecule has 0 saturated heterocycles. The first-order valence-corrected chi connectivity index (χ1v) is 4.72. The Balaban J connectivity index is 2.00. The predicted octanol–water partition coefficient (Wildman–Crippen LogP) is 1.96. The lowest BCUT2D eigenvalue weighted by Gasteiger charge is -2.12. The van der Waals surface area contributed by atoms with E-state index in [2.05, 4.69) is 16.9 Å². The lowest BCUT2D eigenvalue weighted by atomic mass is 10.3. The second-order valence-electron chi connectivity index (χ2n) is 3.60. The highest BCUT2D eigenvalue weighted by atomic mass is 16.5. The van der Waals surface area contributed by atoms with Crippen LogP contribution in [0.15, 0.2) is 12.3 Å². The van der Waals surface area contributed by atoms with Crippen LogP contribution in [-0.2, 0) is 0 Å². The Morgan fingerprint density at radius 3 is 2.92 bits per heavy atom. The van der Waals surface area contributed by atoms with E-state index >= 15 is 0 Å². The summed E-state index contributed by atoms with van der Waals surface area (Å²) >= 11 is 0. The molecular formula is C10H14N2O. The molecule has 0 spiro atoms. The van der Waals surface area contributed by atoms with Gasteiger partial charge in [-0.15, -0.1) is 0 Å². The molecule has 1 saturated carbocycles. The molecule has 3 nitrogen and oxygen atoms in total. The largest absolute Gasteiger partial charge is 0.474 e. The fraction of sp³-hybridized carbons (Fsp3) is 0.600. The Morgan fingerprint density at radius 1 is 1.54 bits per heavy atom. The first-order chi connectivity index (χ1) is 6.25. The number of nitrogens with zero attached hydrogens (tertiary/aromatic N) is 2. The molecule has 0 aliphatic heterocycles. The van der Waals surface area contributed by atoms with Crippen molar-refractivity contribution in [3.05, 3.63) is 18.1 Å². The molecule has 1 heterocycles. The molecule has 1 aromatic rings. The van der Waals surface area contributed by atoms with Gasteiger partial charge in [-0.1, -0.05) is 0 Å². The molecule has 0 bridgehead atoms. The predicted molar refractivity (Wildman–Crippen MR) is 49.6 cm³/mol. The van der Waals surface area contributed by atoms with E-state index in [1.807, 2.05) is 13.0 Å². The monoisotopic (exact) mass is 178 g/mol. The summed E-state index contributed by atoms with van der Waals surface area (Å²) in [6, 6.07) is 1.81. The molecule has 1 atom stereocenters. The first-order valence-electron chi connectivity index (χ1n) is 4.72. The number of hydrogen-bond acceptors (Lipinski definition) is 3. The maximum atomic E-state index is 5.67. The minimum Gasteiger partial charge on any atom is -0.474 e. The molecular weight excluding hydrogens is 164 g/mol. The van der Waals surface area contributed by atoms with Gasteiger partial charge in [0.2, 0.25) is 5.88 Å². The molecule has 3 heteroatoms. The molecule has 1 aromatic heterocycles. The van der Waals surface area contributed by atoms with Gasteiger partial charge in [-0.05, 0) is 32.6 Å². The average Bonchev–Trinajstić information content (AvgIpc) is 2.85. The molecule has 1 aliphatic rings. The maximum Gasteiger partial charge on any atom is 0.216 e. The molecule has 0 amide bonds. The SMILES string of the molecule is Cc1nccc(OC(C)C2CC2)n1. The van der Waals surface area contributed by atoms with E-state index < -0.39 is 0 Å². The molecule has 70 valence electrons. The number of hydrogen-bond donors (Lipinski definition) is 0. The highest BCUT2D eigenvalue weighted by molar-refractivity contribution is 5.08. The van der Waals surface area contributed by atoms with E-state index in [0.717, 1.165) is 11.7 Å². The Kier molecular flexibility index (Phi) is 2.17. The van der Waals surface area contributed by atoms with Gasteiger partial charge in [-0.2, -0.15) is 4.98 Å². The van der Waals surface area contributed by atoms with Gasteiger partial charge >= 0.3 is 0 Å². The molecule has 0 N–H and O–H groups in total. The third-order valence-corrected chi connectivity index (χ3v) is 2.34. The van der Waals surface area contributed by atoms with Crippen LogP contribution < -0.4 is 4.74 Å². The highest BCUT2D eigenvalue weighted by Crippen LogP contribution is 2.34. The van der Waals surface area contributed by atoms with Gasteiger partial charge in [-0.3, -0.25) is 0 Å². The van der Waals surface area contributed by atoms with E-state index in [0.29, 0.717) is 12.0 Å². The number of aromatic nitrogens is 2. The van der Waals surface area contributed by atoms with E-state index in [-0.39, 0.29) is 0 Å². The van der Waals surface area contributed by atoms with Crippen molar-refractivity contribution in [1.29, 1.82) is 0 Å². The Bertz CT molecular complexity index is 297. The summed E-state index contributed by atoms with van der Waals surface area (Å²) < 4.78 is 5.67. The van der Waals surface area contributed by atoms with E-state index in [9.17, 15) is 0 Å². The zero-order valence-electron chi connectivity index (χ0n) is 8.03. The quantitative estimate of drug-likeness (QED) is 0.709. The number of ether oxygens (including phenoxy) is 1. The van der Waals surface area contributed by atoms with Gasteiger partial charge in [0.15, 0.2) is 0 Å². The zero-order chi connectivity index (χ0) is 9.26. The molecule has 1 fully saturated rings. The fourth-order valence-corrected chi connectivity index (χ4v) is 1.35. The molecule has 1 aliphatic carbocycles. The van der Waals surface area contributed by atoms with E-state index in [4.69, 9.17) is 4.74 Å². The van der Waals surface area contributed by atoms with Crippen molar-refractivity contribution in [3.63, 3.8) is 0 Å². The standard InChI is InChI=1S/C10H14N2O/c1-7(9-3-4-9)13-10-5-6-11-8(2)12-10/h5-7,9H,3-4H2,1-2H3. The Hall–Kier alpha value is -1.12. The van der Waals surface area contributed by atoms with Gasteiger partial charge in [0.25, 0.3) is 0 Å². The van der Waals surface area contributed by atoms with Crippen molar-refractivity contribution in [2.75, 3.05) is 0 Å². The smallest absolute Gasteiger partial charge is 0.216 e.